The third-order valence-corrected chi connectivity index (χ3v) is 15.2. The lowest BCUT2D eigenvalue weighted by Gasteiger charge is -2.32. The summed E-state index contributed by atoms with van der Waals surface area (Å²) in [6.07, 6.45) is -0.208. The summed E-state index contributed by atoms with van der Waals surface area (Å²) in [6.45, 7) is 11.7. The van der Waals surface area contributed by atoms with E-state index in [1.54, 1.807) is 46.1 Å². The molecule has 1 aromatic rings. The van der Waals surface area contributed by atoms with Crippen LogP contribution in [-0.4, -0.2) is 200 Å². The Hall–Kier alpha value is -8.13. The summed E-state index contributed by atoms with van der Waals surface area (Å²) in [5.74, 6) is -15.3. The van der Waals surface area contributed by atoms with Gasteiger partial charge < -0.3 is 90.4 Å². The quantitative estimate of drug-likeness (QED) is 0.0303. The van der Waals surface area contributed by atoms with E-state index in [1.165, 1.54) is 35.7 Å². The first-order valence-electron chi connectivity index (χ1n) is 29.9. The molecule has 31 nitrogen and oxygen atoms in total. The van der Waals surface area contributed by atoms with Gasteiger partial charge in [-0.05, 0) is 125 Å². The lowest BCUT2D eigenvalue weighted by molar-refractivity contribution is -0.143. The molecule has 1 aromatic carbocycles. The number of nitrogens with zero attached hydrogens (tertiary/aromatic N) is 1. The molecule has 0 radical (unpaired) electrons. The van der Waals surface area contributed by atoms with Crippen LogP contribution in [-0.2, 0) is 73.5 Å². The fraction of sp³-hybridized carbons (Fsp3) is 0.655. The predicted octanol–water partition coefficient (Wildman–Crippen LogP) is -2.43. The number of thioether (sulfide) groups is 1. The number of unbranched alkanes of at least 4 members (excludes halogenated alkanes) is 1. The lowest BCUT2D eigenvalue weighted by Crippen LogP contribution is -2.61. The molecule has 0 saturated carbocycles. The zero-order chi connectivity index (χ0) is 68.1. The molecule has 11 atom stereocenters. The van der Waals surface area contributed by atoms with Gasteiger partial charge in [-0.1, -0.05) is 53.7 Å². The van der Waals surface area contributed by atoms with Gasteiger partial charge in [0.15, 0.2) is 0 Å². The number of likely N-dealkylation sites (tertiary alicyclic amines) is 1. The maximum absolute atomic E-state index is 14.5. The maximum atomic E-state index is 14.5. The van der Waals surface area contributed by atoms with Crippen molar-refractivity contribution in [1.29, 1.82) is 0 Å². The number of amides is 11. The molecule has 0 spiro atoms. The molecule has 11 amide bonds. The van der Waals surface area contributed by atoms with E-state index in [2.05, 4.69) is 47.9 Å². The highest BCUT2D eigenvalue weighted by molar-refractivity contribution is 7.98. The number of nitrogens with one attached hydrogen (secondary N) is 9. The Morgan fingerprint density at radius 2 is 1.08 bits per heavy atom. The molecular formula is C58H93N13O18S. The van der Waals surface area contributed by atoms with E-state index in [1.807, 2.05) is 13.8 Å². The van der Waals surface area contributed by atoms with Crippen LogP contribution < -0.4 is 65.1 Å². The second kappa shape index (κ2) is 39.1. The third kappa shape index (κ3) is 27.3. The van der Waals surface area contributed by atoms with Gasteiger partial charge in [0.1, 0.15) is 66.2 Å². The average Bonchev–Trinajstić information content (AvgIpc) is 4.01. The molecule has 90 heavy (non-hydrogen) atoms. The van der Waals surface area contributed by atoms with Crippen LogP contribution in [0.1, 0.15) is 131 Å². The Balaban J connectivity index is 2.29. The molecule has 19 N–H and O–H groups in total. The third-order valence-electron chi connectivity index (χ3n) is 14.5. The number of carbonyl (C=O) groups excluding carboxylic acids is 11. The average molecular weight is 1290 g/mol. The van der Waals surface area contributed by atoms with Crippen LogP contribution >= 0.6 is 11.8 Å². The number of phenols is 1. The van der Waals surface area contributed by atoms with Gasteiger partial charge in [-0.15, -0.1) is 0 Å². The molecule has 504 valence electrons. The molecule has 1 fully saturated rings. The number of carboxylic acids is 3. The van der Waals surface area contributed by atoms with E-state index in [-0.39, 0.29) is 63.3 Å². The monoisotopic (exact) mass is 1290 g/mol. The van der Waals surface area contributed by atoms with Crippen LogP contribution in [0.5, 0.6) is 5.75 Å². The summed E-state index contributed by atoms with van der Waals surface area (Å²) in [4.78, 5) is 187. The number of aromatic hydroxyl groups is 1. The lowest BCUT2D eigenvalue weighted by atomic mass is 9.99. The van der Waals surface area contributed by atoms with Gasteiger partial charge >= 0.3 is 17.9 Å². The summed E-state index contributed by atoms with van der Waals surface area (Å²) in [5.41, 5.74) is 17.7. The van der Waals surface area contributed by atoms with Crippen molar-refractivity contribution in [1.82, 2.24) is 52.8 Å². The summed E-state index contributed by atoms with van der Waals surface area (Å²) in [5, 5.41) is 60.7. The highest BCUT2D eigenvalue weighted by atomic mass is 32.2. The van der Waals surface area contributed by atoms with Crippen LogP contribution in [0.3, 0.4) is 0 Å². The molecule has 0 bridgehead atoms. The summed E-state index contributed by atoms with van der Waals surface area (Å²) >= 11 is 1.40. The number of carboxylic acid groups (broad SMARTS) is 3. The molecule has 0 unspecified atom stereocenters. The van der Waals surface area contributed by atoms with Gasteiger partial charge in [0.2, 0.25) is 65.0 Å². The van der Waals surface area contributed by atoms with Gasteiger partial charge in [0.05, 0.1) is 12.5 Å². The number of primary amides is 1. The number of benzene rings is 1. The normalized spacial score (nSPS) is 16.3. The largest absolute Gasteiger partial charge is 0.508 e. The van der Waals surface area contributed by atoms with Crippen LogP contribution in [0.2, 0.25) is 0 Å². The highest BCUT2D eigenvalue weighted by Gasteiger charge is 2.41. The smallest absolute Gasteiger partial charge is 0.326 e. The number of hydrogen-bond acceptors (Lipinski definition) is 18. The number of phenolic OH excluding ortho intramolecular Hbond substituents is 1. The fourth-order valence-corrected chi connectivity index (χ4v) is 9.97. The van der Waals surface area contributed by atoms with Crippen molar-refractivity contribution in [3.05, 3.63) is 29.8 Å². The molecule has 0 aromatic heterocycles. The Bertz CT molecular complexity index is 2670. The zero-order valence-electron chi connectivity index (χ0n) is 52.3. The molecule has 1 aliphatic rings. The van der Waals surface area contributed by atoms with Crippen molar-refractivity contribution in [2.45, 2.75) is 198 Å². The number of aliphatic carboxylic acids is 3. The minimum absolute atomic E-state index is 0.0361. The highest BCUT2D eigenvalue weighted by Crippen LogP contribution is 2.22. The first-order valence-corrected chi connectivity index (χ1v) is 31.3. The van der Waals surface area contributed by atoms with Crippen molar-refractivity contribution in [3.63, 3.8) is 0 Å². The first-order chi connectivity index (χ1) is 42.2. The molecule has 2 rings (SSSR count). The SMILES string of the molecule is CSCC[C@H](NC(=O)[C@@H](NC(=O)[C@@H](N)Cc1ccc(O)cc1)C(C)C)C(=O)N[C@@H](CC(C)C)C(=O)N1CCC[C@H]1C(=O)N[C@H](C(=O)N[C@@H](C)C(=O)N[C@@H](CC(=O)O)C(=O)N[C@@H](CCC(N)=O)C(=O)N[C@@H](CCC(=O)O)C(=O)N[C@@H](CCCCN)C(=O)O)C(C)C. The van der Waals surface area contributed by atoms with Crippen molar-refractivity contribution >= 4 is 94.6 Å². The molecular weight excluding hydrogens is 1200 g/mol. The van der Waals surface area contributed by atoms with Crippen molar-refractivity contribution in [2.24, 2.45) is 35.0 Å². The minimum Gasteiger partial charge on any atom is -0.508 e. The van der Waals surface area contributed by atoms with E-state index in [4.69, 9.17) is 17.2 Å². The summed E-state index contributed by atoms with van der Waals surface area (Å²) in [6, 6.07) is -9.39. The van der Waals surface area contributed by atoms with Gasteiger partial charge in [-0.3, -0.25) is 62.3 Å². The van der Waals surface area contributed by atoms with E-state index in [9.17, 15) is 87.5 Å². The van der Waals surface area contributed by atoms with Gasteiger partial charge in [0, 0.05) is 19.4 Å². The molecule has 32 heteroatoms. The van der Waals surface area contributed by atoms with E-state index >= 15 is 0 Å². The fourth-order valence-electron chi connectivity index (χ4n) is 9.50. The Labute approximate surface area is 527 Å². The van der Waals surface area contributed by atoms with Crippen molar-refractivity contribution in [3.8, 4) is 5.75 Å². The Kier molecular flexibility index (Phi) is 33.9. The molecule has 0 aliphatic carbocycles. The summed E-state index contributed by atoms with van der Waals surface area (Å²) < 4.78 is 0. The topological polar surface area (TPSA) is 509 Å². The predicted molar refractivity (Wildman–Crippen MR) is 328 cm³/mol. The number of hydrogen-bond donors (Lipinski definition) is 16. The van der Waals surface area contributed by atoms with Crippen LogP contribution in [0.4, 0.5) is 0 Å². The van der Waals surface area contributed by atoms with Crippen LogP contribution in [0.25, 0.3) is 0 Å². The second-order valence-electron chi connectivity index (χ2n) is 23.3. The molecule has 1 saturated heterocycles. The van der Waals surface area contributed by atoms with E-state index in [0.29, 0.717) is 24.2 Å². The Morgan fingerprint density at radius 1 is 0.578 bits per heavy atom. The standard InChI is InChI=1S/C58H93N13O18S/c1-29(2)26-41(68-52(82)38(22-25-90-8)65-56(86)47(31(5)6)69-49(79)35(60)27-33-14-16-34(72)17-15-33)57(87)71-24-11-13-42(71)54(84)70-46(30(3)4)55(85)62-32(7)48(78)67-40(28-45(76)77)53(83)64-36(18-20-43(61)73)50(80)63-37(19-21-44(74)75)51(81)66-39(58(88)89)12-9-10-23-59/h14-17,29-32,35-42,46-47,72H,9-13,18-28,59-60H2,1-8H3,(H2,61,73)(H,62,85)(H,63,80)(H,64,83)(H,65,86)(H,66,81)(H,67,78)(H,68,82)(H,69,79)(H,70,84)(H,74,75)(H,76,77)(H,88,89)/t32-,35-,36-,37-,38-,39-,40-,41-,42-,46-,47-/m0/s1. The summed E-state index contributed by atoms with van der Waals surface area (Å²) in [7, 11) is 0. The maximum Gasteiger partial charge on any atom is 0.326 e. The second-order valence-corrected chi connectivity index (χ2v) is 24.3. The van der Waals surface area contributed by atoms with Gasteiger partial charge in [0.25, 0.3) is 0 Å². The number of nitrogens with two attached hydrogens (primary N) is 3. The van der Waals surface area contributed by atoms with E-state index < -0.39 is 193 Å². The van der Waals surface area contributed by atoms with Gasteiger partial charge in [-0.25, -0.2) is 4.79 Å². The molecule has 1 aliphatic heterocycles. The van der Waals surface area contributed by atoms with Crippen LogP contribution in [0, 0.1) is 17.8 Å². The van der Waals surface area contributed by atoms with E-state index in [0.717, 1.165) is 0 Å². The molecule has 1 heterocycles. The van der Waals surface area contributed by atoms with Crippen molar-refractivity contribution in [2.75, 3.05) is 25.1 Å². The number of rotatable bonds is 41. The number of carbonyl (C=O) groups is 14. The Morgan fingerprint density at radius 3 is 1.59 bits per heavy atom. The zero-order valence-corrected chi connectivity index (χ0v) is 53.1. The van der Waals surface area contributed by atoms with Gasteiger partial charge in [-0.2, -0.15) is 11.8 Å². The van der Waals surface area contributed by atoms with Crippen molar-refractivity contribution < 1.29 is 87.5 Å². The van der Waals surface area contributed by atoms with Crippen LogP contribution in [0.15, 0.2) is 24.3 Å². The minimum atomic E-state index is -1.98. The first kappa shape index (κ1) is 78.0.